The third-order valence-corrected chi connectivity index (χ3v) is 2.77. The van der Waals surface area contributed by atoms with E-state index in [4.69, 9.17) is 0 Å². The second-order valence-electron chi connectivity index (χ2n) is 4.69. The molecule has 2 N–H and O–H groups in total. The Labute approximate surface area is 115 Å². The first-order valence-electron chi connectivity index (χ1n) is 6.28. The van der Waals surface area contributed by atoms with Gasteiger partial charge in [-0.25, -0.2) is 0 Å². The van der Waals surface area contributed by atoms with Crippen molar-refractivity contribution in [2.24, 2.45) is 0 Å². The Bertz CT molecular complexity index is 343. The number of likely N-dealkylation sites (N-methyl/N-ethyl adjacent to an activating group) is 1. The van der Waals surface area contributed by atoms with Crippen molar-refractivity contribution in [2.75, 3.05) is 52.9 Å². The molecule has 0 saturated carbocycles. The number of halogens is 3. The molecule has 0 unspecified atom stereocenters. The van der Waals surface area contributed by atoms with Crippen molar-refractivity contribution in [1.29, 1.82) is 0 Å². The summed E-state index contributed by atoms with van der Waals surface area (Å²) in [6, 6.07) is 0. The molecule has 1 aliphatic rings. The number of amides is 2. The lowest BCUT2D eigenvalue weighted by molar-refractivity contribution is -0.140. The van der Waals surface area contributed by atoms with Gasteiger partial charge in [-0.2, -0.15) is 13.2 Å². The van der Waals surface area contributed by atoms with E-state index >= 15 is 0 Å². The monoisotopic (exact) mass is 296 g/mol. The summed E-state index contributed by atoms with van der Waals surface area (Å²) in [4.78, 5) is 26.2. The van der Waals surface area contributed by atoms with Crippen LogP contribution in [0.15, 0.2) is 0 Å². The second kappa shape index (κ2) is 7.44. The molecule has 9 heteroatoms. The Morgan fingerprint density at radius 1 is 1.25 bits per heavy atom. The molecular formula is C11H19F3N4O2. The highest BCUT2D eigenvalue weighted by molar-refractivity contribution is 5.81. The van der Waals surface area contributed by atoms with Crippen LogP contribution in [0.1, 0.15) is 0 Å². The molecule has 1 heterocycles. The van der Waals surface area contributed by atoms with Crippen LogP contribution in [0.4, 0.5) is 13.2 Å². The molecule has 1 saturated heterocycles. The van der Waals surface area contributed by atoms with E-state index in [0.29, 0.717) is 13.1 Å². The van der Waals surface area contributed by atoms with E-state index in [9.17, 15) is 22.8 Å². The Morgan fingerprint density at radius 2 is 1.85 bits per heavy atom. The average Bonchev–Trinajstić information content (AvgIpc) is 2.36. The van der Waals surface area contributed by atoms with E-state index < -0.39 is 18.6 Å². The normalized spacial score (nSPS) is 16.4. The smallest absolute Gasteiger partial charge is 0.346 e. The Hall–Kier alpha value is -1.35. The Balaban J connectivity index is 2.26. The summed E-state index contributed by atoms with van der Waals surface area (Å²) in [5.41, 5.74) is 0. The molecule has 0 aliphatic carbocycles. The van der Waals surface area contributed by atoms with Gasteiger partial charge in [-0.1, -0.05) is 0 Å². The molecule has 1 aliphatic heterocycles. The first-order chi connectivity index (χ1) is 9.28. The molecule has 0 radical (unpaired) electrons. The molecule has 116 valence electrons. The molecule has 2 amide bonds. The van der Waals surface area contributed by atoms with Gasteiger partial charge in [0.25, 0.3) is 0 Å². The Kier molecular flexibility index (Phi) is 6.21. The van der Waals surface area contributed by atoms with Crippen LogP contribution in [-0.4, -0.2) is 80.7 Å². The van der Waals surface area contributed by atoms with Crippen LogP contribution >= 0.6 is 0 Å². The molecule has 0 atom stereocenters. The third-order valence-electron chi connectivity index (χ3n) is 2.77. The fraction of sp³-hybridized carbons (Fsp3) is 0.818. The zero-order valence-electron chi connectivity index (χ0n) is 11.3. The van der Waals surface area contributed by atoms with Crippen molar-refractivity contribution in [2.45, 2.75) is 6.18 Å². The molecular weight excluding hydrogens is 277 g/mol. The molecule has 0 aromatic rings. The maximum absolute atomic E-state index is 11.9. The van der Waals surface area contributed by atoms with Crippen LogP contribution in [-0.2, 0) is 9.59 Å². The number of hydrogen-bond acceptors (Lipinski definition) is 4. The summed E-state index contributed by atoms with van der Waals surface area (Å²) in [5.74, 6) is -0.879. The van der Waals surface area contributed by atoms with Gasteiger partial charge in [0, 0.05) is 26.2 Å². The van der Waals surface area contributed by atoms with E-state index in [1.807, 2.05) is 0 Å². The average molecular weight is 296 g/mol. The number of carbonyl (C=O) groups is 2. The van der Waals surface area contributed by atoms with Crippen molar-refractivity contribution in [3.63, 3.8) is 0 Å². The van der Waals surface area contributed by atoms with Gasteiger partial charge in [0.1, 0.15) is 6.54 Å². The number of alkyl halides is 3. The largest absolute Gasteiger partial charge is 0.405 e. The summed E-state index contributed by atoms with van der Waals surface area (Å²) in [6.07, 6.45) is -4.43. The number of nitrogens with zero attached hydrogens (tertiary/aromatic N) is 2. The van der Waals surface area contributed by atoms with Crippen LogP contribution in [0.3, 0.4) is 0 Å². The number of carbonyl (C=O) groups excluding carboxylic acids is 2. The molecule has 0 spiro atoms. The van der Waals surface area contributed by atoms with Crippen molar-refractivity contribution in [3.05, 3.63) is 0 Å². The molecule has 1 fully saturated rings. The van der Waals surface area contributed by atoms with Gasteiger partial charge in [0.15, 0.2) is 0 Å². The molecule has 0 aromatic heterocycles. The highest BCUT2D eigenvalue weighted by Crippen LogP contribution is 2.11. The summed E-state index contributed by atoms with van der Waals surface area (Å²) in [7, 11) is 1.52. The van der Waals surface area contributed by atoms with Crippen LogP contribution < -0.4 is 10.6 Å². The first kappa shape index (κ1) is 16.7. The highest BCUT2D eigenvalue weighted by atomic mass is 19.4. The van der Waals surface area contributed by atoms with E-state index in [1.54, 1.807) is 10.2 Å². The SMILES string of the molecule is CN(CC(=O)NCC(F)(F)F)CC(=O)N1CCNCC1. The van der Waals surface area contributed by atoms with E-state index in [1.165, 1.54) is 11.9 Å². The predicted molar refractivity (Wildman–Crippen MR) is 66.0 cm³/mol. The van der Waals surface area contributed by atoms with Gasteiger partial charge in [-0.15, -0.1) is 0 Å². The Morgan fingerprint density at radius 3 is 2.40 bits per heavy atom. The van der Waals surface area contributed by atoms with Crippen LogP contribution in [0.5, 0.6) is 0 Å². The predicted octanol–water partition coefficient (Wildman–Crippen LogP) is -0.971. The van der Waals surface area contributed by atoms with Gasteiger partial charge < -0.3 is 15.5 Å². The number of hydrogen-bond donors (Lipinski definition) is 2. The van der Waals surface area contributed by atoms with E-state index in [2.05, 4.69) is 5.32 Å². The zero-order valence-corrected chi connectivity index (χ0v) is 11.3. The lowest BCUT2D eigenvalue weighted by Gasteiger charge is -2.29. The maximum Gasteiger partial charge on any atom is 0.405 e. The summed E-state index contributed by atoms with van der Waals surface area (Å²) >= 11 is 0. The second-order valence-corrected chi connectivity index (χ2v) is 4.69. The van der Waals surface area contributed by atoms with Crippen molar-refractivity contribution in [1.82, 2.24) is 20.4 Å². The molecule has 20 heavy (non-hydrogen) atoms. The quantitative estimate of drug-likeness (QED) is 0.685. The molecule has 6 nitrogen and oxygen atoms in total. The summed E-state index contributed by atoms with van der Waals surface area (Å²) in [5, 5.41) is 4.87. The van der Waals surface area contributed by atoms with Gasteiger partial charge >= 0.3 is 6.18 Å². The van der Waals surface area contributed by atoms with Gasteiger partial charge in [0.2, 0.25) is 11.8 Å². The topological polar surface area (TPSA) is 64.7 Å². The van der Waals surface area contributed by atoms with Crippen molar-refractivity contribution < 1.29 is 22.8 Å². The molecule has 1 rings (SSSR count). The number of rotatable bonds is 5. The number of nitrogens with one attached hydrogen (secondary N) is 2. The maximum atomic E-state index is 11.9. The van der Waals surface area contributed by atoms with Gasteiger partial charge in [-0.3, -0.25) is 14.5 Å². The van der Waals surface area contributed by atoms with E-state index in [-0.39, 0.29) is 19.0 Å². The van der Waals surface area contributed by atoms with Gasteiger partial charge in [-0.05, 0) is 7.05 Å². The first-order valence-corrected chi connectivity index (χ1v) is 6.28. The standard InChI is InChI=1S/C11H19F3N4O2/c1-17(6-9(19)16-8-11(12,13)14)7-10(20)18-4-2-15-3-5-18/h15H,2-8H2,1H3,(H,16,19). The van der Waals surface area contributed by atoms with E-state index in [0.717, 1.165) is 13.1 Å². The fourth-order valence-electron chi connectivity index (χ4n) is 1.80. The highest BCUT2D eigenvalue weighted by Gasteiger charge is 2.28. The third kappa shape index (κ3) is 6.71. The molecule has 0 aromatic carbocycles. The summed E-state index contributed by atoms with van der Waals surface area (Å²) < 4.78 is 35.7. The minimum atomic E-state index is -4.43. The van der Waals surface area contributed by atoms with Crippen molar-refractivity contribution >= 4 is 11.8 Å². The number of piperazine rings is 1. The van der Waals surface area contributed by atoms with Crippen LogP contribution in [0, 0.1) is 0 Å². The minimum Gasteiger partial charge on any atom is -0.346 e. The molecule has 0 bridgehead atoms. The lowest BCUT2D eigenvalue weighted by Crippen LogP contribution is -2.50. The lowest BCUT2D eigenvalue weighted by atomic mass is 10.3. The minimum absolute atomic E-state index is 0.0133. The zero-order chi connectivity index (χ0) is 15.2. The summed E-state index contributed by atoms with van der Waals surface area (Å²) in [6.45, 7) is 1.07. The van der Waals surface area contributed by atoms with Crippen LogP contribution in [0.2, 0.25) is 0 Å². The van der Waals surface area contributed by atoms with Gasteiger partial charge in [0.05, 0.1) is 13.1 Å². The van der Waals surface area contributed by atoms with Crippen LogP contribution in [0.25, 0.3) is 0 Å². The van der Waals surface area contributed by atoms with Crippen molar-refractivity contribution in [3.8, 4) is 0 Å². The fourth-order valence-corrected chi connectivity index (χ4v) is 1.80.